The van der Waals surface area contributed by atoms with Gasteiger partial charge in [0.1, 0.15) is 5.82 Å². The average molecular weight is 530 g/mol. The van der Waals surface area contributed by atoms with E-state index in [0.29, 0.717) is 11.1 Å². The molecule has 4 aromatic carbocycles. The summed E-state index contributed by atoms with van der Waals surface area (Å²) in [6.45, 7) is 0. The SMILES string of the molecule is O=C(O)c1ccc2c(c1)nc(-c1cccc(C(=O)NC(c3ccccc3)c3ccccc3)c1)n2C1CCCCC1. The standard InChI is InChI=1S/C34H31N3O3/c38-33(36-31(23-11-4-1-5-12-23)24-13-6-2-7-14-24)26-16-10-15-25(21-26)32-35-29-22-27(34(39)40)19-20-30(29)37(32)28-17-8-3-9-18-28/h1-2,4-7,10-16,19-22,28,31H,3,8-9,17-18H2,(H,36,38)(H,39,40). The summed E-state index contributed by atoms with van der Waals surface area (Å²) in [5.41, 5.74) is 5.19. The van der Waals surface area contributed by atoms with Crippen LogP contribution in [0.5, 0.6) is 0 Å². The fourth-order valence-electron chi connectivity index (χ4n) is 5.81. The van der Waals surface area contributed by atoms with Crippen molar-refractivity contribution in [2.24, 2.45) is 0 Å². The van der Waals surface area contributed by atoms with E-state index >= 15 is 0 Å². The predicted octanol–water partition coefficient (Wildman–Crippen LogP) is 7.43. The minimum Gasteiger partial charge on any atom is -0.478 e. The molecule has 5 aromatic rings. The third-order valence-corrected chi connectivity index (χ3v) is 7.80. The smallest absolute Gasteiger partial charge is 0.335 e. The number of amides is 1. The van der Waals surface area contributed by atoms with Crippen LogP contribution in [0.1, 0.15) is 76.0 Å². The quantitative estimate of drug-likeness (QED) is 0.230. The van der Waals surface area contributed by atoms with Crippen molar-refractivity contribution in [1.82, 2.24) is 14.9 Å². The van der Waals surface area contributed by atoms with Crippen LogP contribution in [0.4, 0.5) is 0 Å². The molecule has 0 atom stereocenters. The fraction of sp³-hybridized carbons (Fsp3) is 0.206. The molecule has 2 N–H and O–H groups in total. The monoisotopic (exact) mass is 529 g/mol. The summed E-state index contributed by atoms with van der Waals surface area (Å²) in [6, 6.07) is 32.6. The van der Waals surface area contributed by atoms with E-state index < -0.39 is 5.97 Å². The number of carbonyl (C=O) groups is 2. The van der Waals surface area contributed by atoms with Crippen LogP contribution < -0.4 is 5.32 Å². The number of hydrogen-bond donors (Lipinski definition) is 2. The number of hydrogen-bond acceptors (Lipinski definition) is 3. The molecule has 6 nitrogen and oxygen atoms in total. The summed E-state index contributed by atoms with van der Waals surface area (Å²) in [5, 5.41) is 12.8. The number of rotatable bonds is 7. The Balaban J connectivity index is 1.38. The van der Waals surface area contributed by atoms with Crippen LogP contribution in [0.25, 0.3) is 22.4 Å². The molecule has 1 aromatic heterocycles. The maximum absolute atomic E-state index is 13.7. The molecule has 0 saturated heterocycles. The summed E-state index contributed by atoms with van der Waals surface area (Å²) in [7, 11) is 0. The van der Waals surface area contributed by atoms with Crippen molar-refractivity contribution >= 4 is 22.9 Å². The first-order valence-corrected chi connectivity index (χ1v) is 13.8. The number of nitrogens with one attached hydrogen (secondary N) is 1. The van der Waals surface area contributed by atoms with E-state index in [4.69, 9.17) is 4.98 Å². The predicted molar refractivity (Wildman–Crippen MR) is 156 cm³/mol. The van der Waals surface area contributed by atoms with E-state index in [1.165, 1.54) is 6.42 Å². The Morgan fingerprint density at radius 3 is 2.10 bits per heavy atom. The second kappa shape index (κ2) is 11.2. The summed E-state index contributed by atoms with van der Waals surface area (Å²) in [6.07, 6.45) is 5.63. The molecule has 0 bridgehead atoms. The Hall–Kier alpha value is -4.71. The first-order chi connectivity index (χ1) is 19.6. The first kappa shape index (κ1) is 25.6. The van der Waals surface area contributed by atoms with Crippen molar-refractivity contribution in [1.29, 1.82) is 0 Å². The van der Waals surface area contributed by atoms with Gasteiger partial charge in [-0.05, 0) is 54.3 Å². The van der Waals surface area contributed by atoms with Gasteiger partial charge in [-0.2, -0.15) is 0 Å². The molecule has 200 valence electrons. The van der Waals surface area contributed by atoms with Gasteiger partial charge in [0, 0.05) is 17.2 Å². The lowest BCUT2D eigenvalue weighted by Crippen LogP contribution is -2.29. The molecule has 1 fully saturated rings. The largest absolute Gasteiger partial charge is 0.478 e. The molecule has 40 heavy (non-hydrogen) atoms. The zero-order chi connectivity index (χ0) is 27.5. The highest BCUT2D eigenvalue weighted by atomic mass is 16.4. The Labute approximate surface area is 233 Å². The number of aromatic nitrogens is 2. The number of carboxylic acids is 1. The maximum Gasteiger partial charge on any atom is 0.335 e. The van der Waals surface area contributed by atoms with Gasteiger partial charge in [-0.25, -0.2) is 9.78 Å². The topological polar surface area (TPSA) is 84.2 Å². The van der Waals surface area contributed by atoms with Gasteiger partial charge >= 0.3 is 5.97 Å². The van der Waals surface area contributed by atoms with Gasteiger partial charge in [0.2, 0.25) is 0 Å². The van der Waals surface area contributed by atoms with Gasteiger partial charge in [0.15, 0.2) is 0 Å². The molecule has 0 spiro atoms. The van der Waals surface area contributed by atoms with Crippen molar-refractivity contribution in [3.63, 3.8) is 0 Å². The number of fused-ring (bicyclic) bond motifs is 1. The van der Waals surface area contributed by atoms with E-state index in [-0.39, 0.29) is 23.6 Å². The molecule has 1 aliphatic rings. The summed E-state index contributed by atoms with van der Waals surface area (Å²) >= 11 is 0. The molecule has 6 heteroatoms. The Kier molecular flexibility index (Phi) is 7.15. The fourth-order valence-corrected chi connectivity index (χ4v) is 5.81. The lowest BCUT2D eigenvalue weighted by Gasteiger charge is -2.26. The van der Waals surface area contributed by atoms with E-state index in [0.717, 1.165) is 53.7 Å². The van der Waals surface area contributed by atoms with Crippen LogP contribution in [0.2, 0.25) is 0 Å². The number of aromatic carboxylic acids is 1. The van der Waals surface area contributed by atoms with E-state index in [9.17, 15) is 14.7 Å². The van der Waals surface area contributed by atoms with Crippen LogP contribution >= 0.6 is 0 Å². The number of benzene rings is 4. The van der Waals surface area contributed by atoms with Crippen LogP contribution in [0, 0.1) is 0 Å². The number of nitrogens with zero attached hydrogens (tertiary/aromatic N) is 2. The highest BCUT2D eigenvalue weighted by Crippen LogP contribution is 2.36. The molecule has 0 unspecified atom stereocenters. The molecular formula is C34H31N3O3. The van der Waals surface area contributed by atoms with Gasteiger partial charge in [-0.3, -0.25) is 4.79 Å². The molecule has 1 aliphatic carbocycles. The van der Waals surface area contributed by atoms with Gasteiger partial charge in [0.05, 0.1) is 22.6 Å². The van der Waals surface area contributed by atoms with Crippen molar-refractivity contribution in [2.45, 2.75) is 44.2 Å². The van der Waals surface area contributed by atoms with Crippen LogP contribution in [0.15, 0.2) is 103 Å². The second-order valence-electron chi connectivity index (χ2n) is 10.4. The van der Waals surface area contributed by atoms with Crippen LogP contribution in [-0.4, -0.2) is 26.5 Å². The Morgan fingerprint density at radius 2 is 1.45 bits per heavy atom. The third kappa shape index (κ3) is 5.13. The highest BCUT2D eigenvalue weighted by molar-refractivity contribution is 5.96. The molecule has 0 radical (unpaired) electrons. The molecule has 1 amide bonds. The number of carboxylic acid groups (broad SMARTS) is 1. The van der Waals surface area contributed by atoms with Gasteiger partial charge in [-0.1, -0.05) is 92.1 Å². The maximum atomic E-state index is 13.7. The van der Waals surface area contributed by atoms with Crippen molar-refractivity contribution < 1.29 is 14.7 Å². The molecular weight excluding hydrogens is 498 g/mol. The second-order valence-corrected chi connectivity index (χ2v) is 10.4. The first-order valence-electron chi connectivity index (χ1n) is 13.8. The van der Waals surface area contributed by atoms with E-state index in [1.54, 1.807) is 12.1 Å². The van der Waals surface area contributed by atoms with Crippen molar-refractivity contribution in [3.8, 4) is 11.4 Å². The molecule has 6 rings (SSSR count). The minimum atomic E-state index is -0.972. The molecule has 1 heterocycles. The van der Waals surface area contributed by atoms with Gasteiger partial charge < -0.3 is 15.0 Å². The van der Waals surface area contributed by atoms with Gasteiger partial charge in [0.25, 0.3) is 5.91 Å². The number of carbonyl (C=O) groups excluding carboxylic acids is 1. The summed E-state index contributed by atoms with van der Waals surface area (Å²) < 4.78 is 2.26. The third-order valence-electron chi connectivity index (χ3n) is 7.80. The van der Waals surface area contributed by atoms with Crippen molar-refractivity contribution in [3.05, 3.63) is 125 Å². The zero-order valence-corrected chi connectivity index (χ0v) is 22.2. The molecule has 0 aliphatic heterocycles. The average Bonchev–Trinajstić information content (AvgIpc) is 3.40. The van der Waals surface area contributed by atoms with E-state index in [1.807, 2.05) is 91.0 Å². The Bertz CT molecular complexity index is 1620. The zero-order valence-electron chi connectivity index (χ0n) is 22.2. The highest BCUT2D eigenvalue weighted by Gasteiger charge is 2.24. The van der Waals surface area contributed by atoms with E-state index in [2.05, 4.69) is 9.88 Å². The van der Waals surface area contributed by atoms with Crippen LogP contribution in [0.3, 0.4) is 0 Å². The summed E-state index contributed by atoms with van der Waals surface area (Å²) in [5.74, 6) is -0.379. The summed E-state index contributed by atoms with van der Waals surface area (Å²) in [4.78, 5) is 30.2. The van der Waals surface area contributed by atoms with Crippen LogP contribution in [-0.2, 0) is 0 Å². The molecule has 1 saturated carbocycles. The number of imidazole rings is 1. The van der Waals surface area contributed by atoms with Gasteiger partial charge in [-0.15, -0.1) is 0 Å². The Morgan fingerprint density at radius 1 is 0.775 bits per heavy atom. The lowest BCUT2D eigenvalue weighted by atomic mass is 9.94. The minimum absolute atomic E-state index is 0.173. The van der Waals surface area contributed by atoms with Crippen molar-refractivity contribution in [2.75, 3.05) is 0 Å². The lowest BCUT2D eigenvalue weighted by molar-refractivity contribution is 0.0696. The normalized spacial score (nSPS) is 13.9.